The largest absolute Gasteiger partial charge is 0.340 e. The van der Waals surface area contributed by atoms with Gasteiger partial charge in [-0.2, -0.15) is 4.31 Å². The van der Waals surface area contributed by atoms with Crippen LogP contribution >= 0.6 is 0 Å². The number of nitrogens with zero attached hydrogens (tertiary/aromatic N) is 2. The summed E-state index contributed by atoms with van der Waals surface area (Å²) in [6.07, 6.45) is 2.31. The topological polar surface area (TPSA) is 91.8 Å². The summed E-state index contributed by atoms with van der Waals surface area (Å²) in [4.78, 5) is 13.8. The smallest absolute Gasteiger partial charge is 0.246 e. The summed E-state index contributed by atoms with van der Waals surface area (Å²) >= 11 is 0. The van der Waals surface area contributed by atoms with Gasteiger partial charge in [-0.05, 0) is 31.4 Å². The number of rotatable bonds is 4. The first-order chi connectivity index (χ1) is 12.1. The lowest BCUT2D eigenvalue weighted by Gasteiger charge is -2.27. The van der Waals surface area contributed by atoms with Gasteiger partial charge in [-0.3, -0.25) is 4.79 Å². The lowest BCUT2D eigenvalue weighted by molar-refractivity contribution is -0.133. The number of carbonyl (C=O) groups excluding carboxylic acids is 1. The third kappa shape index (κ3) is 3.49. The minimum atomic E-state index is -4.14. The van der Waals surface area contributed by atoms with Crippen LogP contribution in [0.4, 0.5) is 4.39 Å². The predicted octanol–water partition coefficient (Wildman–Crippen LogP) is 0.624. The van der Waals surface area contributed by atoms with Crippen LogP contribution in [-0.2, 0) is 24.7 Å². The van der Waals surface area contributed by atoms with Gasteiger partial charge in [0.2, 0.25) is 15.9 Å². The van der Waals surface area contributed by atoms with Gasteiger partial charge in [0.1, 0.15) is 16.8 Å². The molecular formula is C16H21FN2O5S2. The Balaban J connectivity index is 1.83. The molecule has 3 rings (SSSR count). The number of hydrogen-bond acceptors (Lipinski definition) is 5. The van der Waals surface area contributed by atoms with Crippen molar-refractivity contribution in [1.82, 2.24) is 9.21 Å². The van der Waals surface area contributed by atoms with Gasteiger partial charge in [-0.25, -0.2) is 21.2 Å². The fourth-order valence-corrected chi connectivity index (χ4v) is 6.25. The molecule has 2 aliphatic rings. The van der Waals surface area contributed by atoms with E-state index in [0.29, 0.717) is 19.3 Å². The van der Waals surface area contributed by atoms with E-state index in [-0.39, 0.29) is 19.6 Å². The van der Waals surface area contributed by atoms with Gasteiger partial charge in [0.05, 0.1) is 5.25 Å². The second-order valence-electron chi connectivity index (χ2n) is 6.73. The molecule has 0 aromatic heterocycles. The number of hydrogen-bond donors (Lipinski definition) is 0. The molecule has 0 saturated carbocycles. The summed E-state index contributed by atoms with van der Waals surface area (Å²) in [7, 11) is -7.40. The van der Waals surface area contributed by atoms with Crippen LogP contribution in [-0.4, -0.2) is 69.1 Å². The van der Waals surface area contributed by atoms with E-state index in [1.807, 2.05) is 0 Å². The quantitative estimate of drug-likeness (QED) is 0.734. The molecule has 26 heavy (non-hydrogen) atoms. The minimum Gasteiger partial charge on any atom is -0.340 e. The Morgan fingerprint density at radius 2 is 1.81 bits per heavy atom. The van der Waals surface area contributed by atoms with Crippen LogP contribution in [0, 0.1) is 5.82 Å². The fraction of sp³-hybridized carbons (Fsp3) is 0.562. The van der Waals surface area contributed by atoms with Gasteiger partial charge >= 0.3 is 0 Å². The Labute approximate surface area is 152 Å². The van der Waals surface area contributed by atoms with E-state index >= 15 is 0 Å². The van der Waals surface area contributed by atoms with Crippen molar-refractivity contribution >= 4 is 25.8 Å². The van der Waals surface area contributed by atoms with Crippen LogP contribution in [0.2, 0.25) is 0 Å². The Morgan fingerprint density at radius 1 is 1.12 bits per heavy atom. The SMILES string of the molecule is CS(=O)(=O)C1CCN(C(=O)C2CCCN2S(=O)(=O)c2ccccc2F)C1. The van der Waals surface area contributed by atoms with Crippen molar-refractivity contribution in [3.05, 3.63) is 30.1 Å². The summed E-state index contributed by atoms with van der Waals surface area (Å²) in [6.45, 7) is 0.485. The molecule has 2 unspecified atom stereocenters. The van der Waals surface area contributed by atoms with Crippen LogP contribution in [0.5, 0.6) is 0 Å². The zero-order valence-corrected chi connectivity index (χ0v) is 16.0. The minimum absolute atomic E-state index is 0.0712. The van der Waals surface area contributed by atoms with E-state index in [2.05, 4.69) is 0 Å². The van der Waals surface area contributed by atoms with Crippen molar-refractivity contribution in [3.63, 3.8) is 0 Å². The van der Waals surface area contributed by atoms with Gasteiger partial charge < -0.3 is 4.90 Å². The maximum atomic E-state index is 14.0. The molecule has 144 valence electrons. The maximum Gasteiger partial charge on any atom is 0.246 e. The number of sulfonamides is 1. The Bertz CT molecular complexity index is 916. The first kappa shape index (κ1) is 19.2. The van der Waals surface area contributed by atoms with Gasteiger partial charge in [0.25, 0.3) is 0 Å². The molecular weight excluding hydrogens is 383 g/mol. The molecule has 2 fully saturated rings. The van der Waals surface area contributed by atoms with Gasteiger partial charge in [-0.15, -0.1) is 0 Å². The molecule has 0 radical (unpaired) electrons. The van der Waals surface area contributed by atoms with Gasteiger partial charge in [0, 0.05) is 25.9 Å². The third-order valence-corrected chi connectivity index (χ3v) is 8.51. The number of amides is 1. The van der Waals surface area contributed by atoms with E-state index in [1.165, 1.54) is 23.1 Å². The molecule has 7 nitrogen and oxygen atoms in total. The third-order valence-electron chi connectivity index (χ3n) is 4.97. The normalized spacial score (nSPS) is 24.9. The average Bonchev–Trinajstić information content (AvgIpc) is 3.24. The lowest BCUT2D eigenvalue weighted by atomic mass is 10.2. The molecule has 1 aromatic rings. The summed E-state index contributed by atoms with van der Waals surface area (Å²) in [5.74, 6) is -1.27. The van der Waals surface area contributed by atoms with Crippen LogP contribution in [0.3, 0.4) is 0 Å². The molecule has 0 bridgehead atoms. The van der Waals surface area contributed by atoms with E-state index in [9.17, 15) is 26.0 Å². The Hall–Kier alpha value is -1.52. The van der Waals surface area contributed by atoms with E-state index in [0.717, 1.165) is 16.6 Å². The van der Waals surface area contributed by atoms with Crippen molar-refractivity contribution < 1.29 is 26.0 Å². The van der Waals surface area contributed by atoms with Crippen molar-refractivity contribution in [3.8, 4) is 0 Å². The molecule has 2 atom stereocenters. The van der Waals surface area contributed by atoms with Crippen molar-refractivity contribution in [1.29, 1.82) is 0 Å². The van der Waals surface area contributed by atoms with E-state index in [1.54, 1.807) is 0 Å². The molecule has 2 saturated heterocycles. The first-order valence-corrected chi connectivity index (χ1v) is 11.8. The number of carbonyl (C=O) groups is 1. The zero-order chi connectivity index (χ0) is 19.1. The number of halogens is 1. The Morgan fingerprint density at radius 3 is 2.42 bits per heavy atom. The average molecular weight is 404 g/mol. The molecule has 1 aromatic carbocycles. The maximum absolute atomic E-state index is 14.0. The second-order valence-corrected chi connectivity index (χ2v) is 10.9. The molecule has 0 spiro atoms. The molecule has 0 N–H and O–H groups in total. The predicted molar refractivity (Wildman–Crippen MR) is 93.1 cm³/mol. The first-order valence-electron chi connectivity index (χ1n) is 8.36. The highest BCUT2D eigenvalue weighted by Crippen LogP contribution is 2.29. The molecule has 1 amide bonds. The van der Waals surface area contributed by atoms with Crippen molar-refractivity contribution in [2.24, 2.45) is 0 Å². The summed E-state index contributed by atoms with van der Waals surface area (Å²) < 4.78 is 64.0. The molecule has 0 aliphatic carbocycles. The molecule has 2 aliphatic heterocycles. The standard InChI is InChI=1S/C16H21FN2O5S2/c1-25(21,22)12-8-10-18(11-12)16(20)14-6-4-9-19(14)26(23,24)15-7-3-2-5-13(15)17/h2-3,5,7,12,14H,4,6,8-11H2,1H3. The van der Waals surface area contributed by atoms with E-state index < -0.39 is 47.8 Å². The van der Waals surface area contributed by atoms with Crippen molar-refractivity contribution in [2.45, 2.75) is 35.4 Å². The van der Waals surface area contributed by atoms with Gasteiger partial charge in [-0.1, -0.05) is 12.1 Å². The number of likely N-dealkylation sites (tertiary alicyclic amines) is 1. The molecule has 2 heterocycles. The monoisotopic (exact) mass is 404 g/mol. The highest BCUT2D eigenvalue weighted by atomic mass is 32.2. The highest BCUT2D eigenvalue weighted by molar-refractivity contribution is 7.91. The summed E-state index contributed by atoms with van der Waals surface area (Å²) in [6, 6.07) is 4.16. The van der Waals surface area contributed by atoms with Crippen LogP contribution < -0.4 is 0 Å². The summed E-state index contributed by atoms with van der Waals surface area (Å²) in [5.41, 5.74) is 0. The highest BCUT2D eigenvalue weighted by Gasteiger charge is 2.44. The second kappa shape index (κ2) is 6.90. The lowest BCUT2D eigenvalue weighted by Crippen LogP contribution is -2.47. The van der Waals surface area contributed by atoms with Gasteiger partial charge in [0.15, 0.2) is 9.84 Å². The van der Waals surface area contributed by atoms with Crippen LogP contribution in [0.25, 0.3) is 0 Å². The van der Waals surface area contributed by atoms with Crippen LogP contribution in [0.1, 0.15) is 19.3 Å². The Kier molecular flexibility index (Phi) is 5.11. The summed E-state index contributed by atoms with van der Waals surface area (Å²) in [5, 5.41) is -0.621. The van der Waals surface area contributed by atoms with E-state index in [4.69, 9.17) is 0 Å². The zero-order valence-electron chi connectivity index (χ0n) is 14.3. The van der Waals surface area contributed by atoms with Crippen molar-refractivity contribution in [2.75, 3.05) is 25.9 Å². The number of benzene rings is 1. The number of sulfone groups is 1. The van der Waals surface area contributed by atoms with Crippen LogP contribution in [0.15, 0.2) is 29.2 Å². The molecule has 10 heteroatoms. The fourth-order valence-electron chi connectivity index (χ4n) is 3.54.